The quantitative estimate of drug-likeness (QED) is 0.695. The zero-order chi connectivity index (χ0) is 9.38. The van der Waals surface area contributed by atoms with Crippen molar-refractivity contribution in [3.8, 4) is 0 Å². The lowest BCUT2D eigenvalue weighted by molar-refractivity contribution is 0.251. The fourth-order valence-corrected chi connectivity index (χ4v) is 2.52. The van der Waals surface area contributed by atoms with Gasteiger partial charge in [0.1, 0.15) is 0 Å². The molecule has 0 spiro atoms. The van der Waals surface area contributed by atoms with Crippen molar-refractivity contribution in [1.29, 1.82) is 0 Å². The number of aromatic amines is 1. The van der Waals surface area contributed by atoms with Crippen LogP contribution in [0, 0.1) is 0 Å². The van der Waals surface area contributed by atoms with E-state index < -0.39 is 0 Å². The second kappa shape index (κ2) is 3.28. The van der Waals surface area contributed by atoms with Gasteiger partial charge in [-0.25, -0.2) is 0 Å². The lowest BCUT2D eigenvalue weighted by Gasteiger charge is -2.39. The first kappa shape index (κ1) is 8.30. The Balaban J connectivity index is 1.82. The molecule has 1 aliphatic carbocycles. The molecule has 2 nitrogen and oxygen atoms in total. The Labute approximate surface area is 84.4 Å². The van der Waals surface area contributed by atoms with Crippen LogP contribution in [0.15, 0.2) is 24.5 Å². The van der Waals surface area contributed by atoms with Gasteiger partial charge in [-0.2, -0.15) is 0 Å². The first-order valence-corrected chi connectivity index (χ1v) is 5.50. The SMILES string of the molecule is C1=C(/c2cc[nH]c2)CCC2CC(C/1)N2. The van der Waals surface area contributed by atoms with Gasteiger partial charge in [-0.15, -0.1) is 0 Å². The van der Waals surface area contributed by atoms with Crippen molar-refractivity contribution in [3.05, 3.63) is 30.1 Å². The predicted octanol–water partition coefficient (Wildman–Crippen LogP) is 2.31. The van der Waals surface area contributed by atoms with Crippen molar-refractivity contribution in [1.82, 2.24) is 10.3 Å². The molecule has 0 aromatic carbocycles. The Hall–Kier alpha value is -1.02. The normalized spacial score (nSPS) is 35.0. The van der Waals surface area contributed by atoms with Crippen molar-refractivity contribution in [2.45, 2.75) is 37.8 Å². The number of allylic oxidation sites excluding steroid dienone is 1. The first-order valence-electron chi connectivity index (χ1n) is 5.50. The number of hydrogen-bond donors (Lipinski definition) is 2. The molecule has 1 aromatic heterocycles. The smallest absolute Gasteiger partial charge is 0.0119 e. The van der Waals surface area contributed by atoms with Crippen molar-refractivity contribution in [2.24, 2.45) is 0 Å². The molecule has 0 radical (unpaired) electrons. The molecule has 74 valence electrons. The Bertz CT molecular complexity index is 331. The maximum atomic E-state index is 3.60. The molecule has 4 rings (SSSR count). The highest BCUT2D eigenvalue weighted by atomic mass is 15.0. The molecule has 2 aliphatic heterocycles. The molecular weight excluding hydrogens is 172 g/mol. The topological polar surface area (TPSA) is 27.8 Å². The van der Waals surface area contributed by atoms with E-state index >= 15 is 0 Å². The minimum Gasteiger partial charge on any atom is -0.367 e. The maximum Gasteiger partial charge on any atom is 0.0119 e. The number of rotatable bonds is 1. The maximum absolute atomic E-state index is 3.60. The van der Waals surface area contributed by atoms with Gasteiger partial charge in [0.05, 0.1) is 0 Å². The summed E-state index contributed by atoms with van der Waals surface area (Å²) in [5, 5.41) is 3.60. The van der Waals surface area contributed by atoms with Crippen LogP contribution in [0.5, 0.6) is 0 Å². The summed E-state index contributed by atoms with van der Waals surface area (Å²) < 4.78 is 0. The number of H-pyrrole nitrogens is 1. The molecule has 2 N–H and O–H groups in total. The van der Waals surface area contributed by atoms with Gasteiger partial charge >= 0.3 is 0 Å². The molecule has 2 unspecified atom stereocenters. The molecule has 2 atom stereocenters. The summed E-state index contributed by atoms with van der Waals surface area (Å²) in [7, 11) is 0. The fourth-order valence-electron chi connectivity index (χ4n) is 2.52. The summed E-state index contributed by atoms with van der Waals surface area (Å²) in [5.41, 5.74) is 2.91. The summed E-state index contributed by atoms with van der Waals surface area (Å²) in [6.07, 6.45) is 11.6. The average molecular weight is 188 g/mol. The van der Waals surface area contributed by atoms with Crippen LogP contribution in [0.3, 0.4) is 0 Å². The van der Waals surface area contributed by atoms with E-state index in [0.717, 1.165) is 12.1 Å². The molecule has 2 heteroatoms. The van der Waals surface area contributed by atoms with Gasteiger partial charge in [0.25, 0.3) is 0 Å². The fraction of sp³-hybridized carbons (Fsp3) is 0.500. The van der Waals surface area contributed by atoms with Crippen LogP contribution in [-0.2, 0) is 0 Å². The minimum atomic E-state index is 0.759. The van der Waals surface area contributed by atoms with Gasteiger partial charge in [0.2, 0.25) is 0 Å². The monoisotopic (exact) mass is 188 g/mol. The second-order valence-electron chi connectivity index (χ2n) is 4.40. The molecule has 0 amide bonds. The van der Waals surface area contributed by atoms with Gasteiger partial charge in [-0.05, 0) is 42.9 Å². The van der Waals surface area contributed by atoms with Crippen molar-refractivity contribution in [2.75, 3.05) is 0 Å². The van der Waals surface area contributed by atoms with Crippen LogP contribution in [-0.4, -0.2) is 17.1 Å². The highest BCUT2D eigenvalue weighted by Crippen LogP contribution is 2.29. The third-order valence-electron chi connectivity index (χ3n) is 3.42. The largest absolute Gasteiger partial charge is 0.367 e. The van der Waals surface area contributed by atoms with E-state index in [1.54, 1.807) is 0 Å². The Kier molecular flexibility index (Phi) is 1.95. The number of fused-ring (bicyclic) bond motifs is 3. The Morgan fingerprint density at radius 2 is 2.21 bits per heavy atom. The van der Waals surface area contributed by atoms with E-state index in [0.29, 0.717) is 0 Å². The minimum absolute atomic E-state index is 0.759. The van der Waals surface area contributed by atoms with Crippen LogP contribution in [0.1, 0.15) is 31.2 Å². The highest BCUT2D eigenvalue weighted by molar-refractivity contribution is 5.65. The van der Waals surface area contributed by atoms with Gasteiger partial charge in [0, 0.05) is 24.5 Å². The summed E-state index contributed by atoms with van der Waals surface area (Å²) in [4.78, 5) is 3.13. The standard InChI is InChI=1S/C12H16N2/c1-3-11-7-12(14-11)4-2-9(1)10-5-6-13-8-10/h1,5-6,8,11-14H,2-4,7H2/b9-1+. The van der Waals surface area contributed by atoms with Gasteiger partial charge in [-0.3, -0.25) is 0 Å². The molecule has 1 fully saturated rings. The molecular formula is C12H16N2. The molecule has 1 saturated heterocycles. The predicted molar refractivity (Wildman–Crippen MR) is 57.9 cm³/mol. The molecule has 3 aliphatic rings. The van der Waals surface area contributed by atoms with Crippen LogP contribution in [0.4, 0.5) is 0 Å². The lowest BCUT2D eigenvalue weighted by atomic mass is 9.85. The molecule has 1 aromatic rings. The Morgan fingerprint density at radius 1 is 1.29 bits per heavy atom. The van der Waals surface area contributed by atoms with Crippen molar-refractivity contribution < 1.29 is 0 Å². The van der Waals surface area contributed by atoms with E-state index in [-0.39, 0.29) is 0 Å². The van der Waals surface area contributed by atoms with Crippen LogP contribution < -0.4 is 5.32 Å². The summed E-state index contributed by atoms with van der Waals surface area (Å²) in [6.45, 7) is 0. The molecule has 14 heavy (non-hydrogen) atoms. The van der Waals surface area contributed by atoms with Gasteiger partial charge < -0.3 is 10.3 Å². The molecule has 2 bridgehead atoms. The highest BCUT2D eigenvalue weighted by Gasteiger charge is 2.28. The van der Waals surface area contributed by atoms with Crippen molar-refractivity contribution >= 4 is 5.57 Å². The second-order valence-corrected chi connectivity index (χ2v) is 4.40. The summed E-state index contributed by atoms with van der Waals surface area (Å²) in [5.74, 6) is 0. The van der Waals surface area contributed by atoms with Crippen LogP contribution in [0.25, 0.3) is 5.57 Å². The van der Waals surface area contributed by atoms with Crippen LogP contribution in [0.2, 0.25) is 0 Å². The summed E-state index contributed by atoms with van der Waals surface area (Å²) >= 11 is 0. The van der Waals surface area contributed by atoms with E-state index in [4.69, 9.17) is 0 Å². The molecule has 0 saturated carbocycles. The van der Waals surface area contributed by atoms with Crippen molar-refractivity contribution in [3.63, 3.8) is 0 Å². The average Bonchev–Trinajstić information content (AvgIpc) is 2.51. The molecule has 3 heterocycles. The summed E-state index contributed by atoms with van der Waals surface area (Å²) in [6, 6.07) is 3.73. The van der Waals surface area contributed by atoms with E-state index in [9.17, 15) is 0 Å². The van der Waals surface area contributed by atoms with E-state index in [2.05, 4.69) is 28.6 Å². The van der Waals surface area contributed by atoms with E-state index in [1.807, 2.05) is 6.20 Å². The number of nitrogens with one attached hydrogen (secondary N) is 2. The third kappa shape index (κ3) is 1.40. The van der Waals surface area contributed by atoms with E-state index in [1.165, 1.54) is 36.8 Å². The zero-order valence-electron chi connectivity index (χ0n) is 8.29. The number of aromatic nitrogens is 1. The third-order valence-corrected chi connectivity index (χ3v) is 3.42. The van der Waals surface area contributed by atoms with Gasteiger partial charge in [0.15, 0.2) is 0 Å². The van der Waals surface area contributed by atoms with Crippen LogP contribution >= 0.6 is 0 Å². The van der Waals surface area contributed by atoms with Gasteiger partial charge in [-0.1, -0.05) is 6.08 Å². The number of hydrogen-bond acceptors (Lipinski definition) is 1. The lowest BCUT2D eigenvalue weighted by Crippen LogP contribution is -2.52. The zero-order valence-corrected chi connectivity index (χ0v) is 8.29. The first-order chi connectivity index (χ1) is 6.92. The Morgan fingerprint density at radius 3 is 3.00 bits per heavy atom.